The van der Waals surface area contributed by atoms with E-state index in [0.29, 0.717) is 11.2 Å². The number of benzene rings is 2. The minimum atomic E-state index is 0.313. The van der Waals surface area contributed by atoms with E-state index in [2.05, 4.69) is 35.8 Å². The van der Waals surface area contributed by atoms with Crippen LogP contribution in [-0.2, 0) is 0 Å². The lowest BCUT2D eigenvalue weighted by molar-refractivity contribution is -0.918. The van der Waals surface area contributed by atoms with Crippen molar-refractivity contribution in [2.75, 3.05) is 25.0 Å². The molecular formula is C20H25ClN3S+. The Labute approximate surface area is 160 Å². The zero-order valence-corrected chi connectivity index (χ0v) is 16.1. The third-order valence-corrected chi connectivity index (χ3v) is 5.47. The molecule has 1 aliphatic heterocycles. The number of thiocarbonyl (C=S) groups is 1. The predicted molar refractivity (Wildman–Crippen MR) is 110 cm³/mol. The van der Waals surface area contributed by atoms with Gasteiger partial charge >= 0.3 is 0 Å². The van der Waals surface area contributed by atoms with Gasteiger partial charge in [0.1, 0.15) is 6.04 Å². The lowest BCUT2D eigenvalue weighted by Gasteiger charge is -2.26. The van der Waals surface area contributed by atoms with Crippen molar-refractivity contribution in [2.45, 2.75) is 25.8 Å². The van der Waals surface area contributed by atoms with Crippen molar-refractivity contribution in [2.24, 2.45) is 0 Å². The maximum atomic E-state index is 6.47. The second-order valence-electron chi connectivity index (χ2n) is 6.59. The first kappa shape index (κ1) is 18.2. The van der Waals surface area contributed by atoms with Crippen LogP contribution in [0.4, 0.5) is 5.69 Å². The van der Waals surface area contributed by atoms with E-state index < -0.39 is 0 Å². The maximum Gasteiger partial charge on any atom is 0.171 e. The Morgan fingerprint density at radius 1 is 1.12 bits per heavy atom. The monoisotopic (exact) mass is 374 g/mol. The highest BCUT2D eigenvalue weighted by molar-refractivity contribution is 7.80. The van der Waals surface area contributed by atoms with Crippen LogP contribution in [0.2, 0.25) is 5.02 Å². The van der Waals surface area contributed by atoms with Crippen molar-refractivity contribution >= 4 is 34.6 Å². The molecule has 1 saturated heterocycles. The lowest BCUT2D eigenvalue weighted by atomic mass is 10.1. The molecule has 0 amide bonds. The Bertz CT molecular complexity index is 728. The molecule has 3 nitrogen and oxygen atoms in total. The summed E-state index contributed by atoms with van der Waals surface area (Å²) in [5.74, 6) is 0. The van der Waals surface area contributed by atoms with Crippen LogP contribution >= 0.6 is 23.8 Å². The molecule has 1 fully saturated rings. The van der Waals surface area contributed by atoms with Gasteiger partial charge in [-0.15, -0.1) is 0 Å². The summed E-state index contributed by atoms with van der Waals surface area (Å²) in [5.41, 5.74) is 3.43. The van der Waals surface area contributed by atoms with E-state index in [1.807, 2.05) is 30.3 Å². The highest BCUT2D eigenvalue weighted by atomic mass is 35.5. The fourth-order valence-electron chi connectivity index (χ4n) is 3.48. The van der Waals surface area contributed by atoms with Crippen molar-refractivity contribution in [3.05, 3.63) is 64.7 Å². The minimum Gasteiger partial charge on any atom is -0.356 e. The summed E-state index contributed by atoms with van der Waals surface area (Å²) in [5, 5.41) is 8.20. The minimum absolute atomic E-state index is 0.313. The molecule has 0 unspecified atom stereocenters. The summed E-state index contributed by atoms with van der Waals surface area (Å²) in [6.45, 7) is 5.23. The van der Waals surface area contributed by atoms with Crippen LogP contribution in [0.1, 0.15) is 30.0 Å². The molecule has 132 valence electrons. The van der Waals surface area contributed by atoms with Gasteiger partial charge in [0.2, 0.25) is 0 Å². The first-order valence-electron chi connectivity index (χ1n) is 8.84. The van der Waals surface area contributed by atoms with Gasteiger partial charge in [-0.1, -0.05) is 48.0 Å². The second kappa shape index (κ2) is 8.65. The predicted octanol–water partition coefficient (Wildman–Crippen LogP) is 3.35. The molecule has 5 heteroatoms. The molecule has 0 aromatic heterocycles. The van der Waals surface area contributed by atoms with Gasteiger partial charge in [0.25, 0.3) is 0 Å². The molecule has 0 saturated carbocycles. The molecule has 1 aliphatic rings. The smallest absolute Gasteiger partial charge is 0.171 e. The average molecular weight is 375 g/mol. The van der Waals surface area contributed by atoms with Crippen molar-refractivity contribution in [1.29, 1.82) is 0 Å². The molecule has 3 rings (SSSR count). The fourth-order valence-corrected chi connectivity index (χ4v) is 3.94. The molecule has 0 bridgehead atoms. The fraction of sp³-hybridized carbons (Fsp3) is 0.350. The van der Waals surface area contributed by atoms with E-state index >= 15 is 0 Å². The van der Waals surface area contributed by atoms with E-state index in [1.165, 1.54) is 37.1 Å². The highest BCUT2D eigenvalue weighted by Crippen LogP contribution is 2.21. The molecule has 0 aliphatic carbocycles. The summed E-state index contributed by atoms with van der Waals surface area (Å²) in [7, 11) is 0. The number of rotatable bonds is 5. The van der Waals surface area contributed by atoms with Crippen molar-refractivity contribution < 1.29 is 4.90 Å². The number of likely N-dealkylation sites (tertiary alicyclic amines) is 1. The molecule has 1 atom stereocenters. The van der Waals surface area contributed by atoms with E-state index in [4.69, 9.17) is 23.8 Å². The Balaban J connectivity index is 1.67. The van der Waals surface area contributed by atoms with Crippen molar-refractivity contribution in [1.82, 2.24) is 5.32 Å². The summed E-state index contributed by atoms with van der Waals surface area (Å²) in [6.07, 6.45) is 2.56. The molecule has 2 aromatic rings. The first-order valence-corrected chi connectivity index (χ1v) is 9.63. The topological polar surface area (TPSA) is 28.5 Å². The van der Waals surface area contributed by atoms with E-state index in [0.717, 1.165) is 17.3 Å². The lowest BCUT2D eigenvalue weighted by Crippen LogP contribution is -3.11. The number of halogens is 1. The molecule has 0 radical (unpaired) electrons. The summed E-state index contributed by atoms with van der Waals surface area (Å²) in [6, 6.07) is 16.6. The molecular weight excluding hydrogens is 350 g/mol. The molecule has 25 heavy (non-hydrogen) atoms. The van der Waals surface area contributed by atoms with Crippen LogP contribution in [0.5, 0.6) is 0 Å². The average Bonchev–Trinajstić information content (AvgIpc) is 3.13. The van der Waals surface area contributed by atoms with Crippen molar-refractivity contribution in [3.8, 4) is 0 Å². The second-order valence-corrected chi connectivity index (χ2v) is 7.40. The molecule has 1 heterocycles. The number of anilines is 1. The van der Waals surface area contributed by atoms with Crippen molar-refractivity contribution in [3.63, 3.8) is 0 Å². The van der Waals surface area contributed by atoms with E-state index in [1.54, 1.807) is 4.90 Å². The zero-order chi connectivity index (χ0) is 17.6. The van der Waals surface area contributed by atoms with Gasteiger partial charge in [-0.05, 0) is 36.8 Å². The normalized spacial score (nSPS) is 15.8. The van der Waals surface area contributed by atoms with Gasteiger partial charge in [0.15, 0.2) is 5.11 Å². The summed E-state index contributed by atoms with van der Waals surface area (Å²) in [4.78, 5) is 1.58. The number of para-hydroxylation sites is 1. The molecule has 0 spiro atoms. The third-order valence-electron chi connectivity index (χ3n) is 4.88. The molecule has 3 N–H and O–H groups in total. The summed E-state index contributed by atoms with van der Waals surface area (Å²) >= 11 is 12.0. The van der Waals surface area contributed by atoms with Gasteiger partial charge in [0, 0.05) is 29.1 Å². The number of aryl methyl sites for hydroxylation is 1. The quantitative estimate of drug-likeness (QED) is 0.701. The number of hydrogen-bond acceptors (Lipinski definition) is 1. The van der Waals surface area contributed by atoms with Gasteiger partial charge in [-0.3, -0.25) is 0 Å². The number of hydrogen-bond donors (Lipinski definition) is 3. The third kappa shape index (κ3) is 4.72. The van der Waals surface area contributed by atoms with E-state index in [9.17, 15) is 0 Å². The number of nitrogens with one attached hydrogen (secondary N) is 3. The van der Waals surface area contributed by atoms with Crippen LogP contribution in [0.3, 0.4) is 0 Å². The first-order chi connectivity index (χ1) is 12.1. The Hall–Kier alpha value is -1.62. The van der Waals surface area contributed by atoms with Gasteiger partial charge in [0.05, 0.1) is 19.6 Å². The standard InChI is InChI=1S/C20H24ClN3S/c1-15-8-2-5-11-18(15)23-20(25)22-14-19(24-12-6-7-13-24)16-9-3-4-10-17(16)21/h2-5,8-11,19H,6-7,12-14H2,1H3,(H2,22,23,25)/p+1/t19-/m1/s1. The Kier molecular flexibility index (Phi) is 6.29. The largest absolute Gasteiger partial charge is 0.356 e. The van der Waals surface area contributed by atoms with Gasteiger partial charge < -0.3 is 15.5 Å². The maximum absolute atomic E-state index is 6.47. The Morgan fingerprint density at radius 2 is 1.80 bits per heavy atom. The van der Waals surface area contributed by atoms with Crippen LogP contribution < -0.4 is 15.5 Å². The molecule has 2 aromatic carbocycles. The van der Waals surface area contributed by atoms with Gasteiger partial charge in [-0.2, -0.15) is 0 Å². The summed E-state index contributed by atoms with van der Waals surface area (Å²) < 4.78 is 0. The van der Waals surface area contributed by atoms with Gasteiger partial charge in [-0.25, -0.2) is 0 Å². The number of quaternary nitrogens is 1. The highest BCUT2D eigenvalue weighted by Gasteiger charge is 2.28. The zero-order valence-electron chi connectivity index (χ0n) is 14.5. The Morgan fingerprint density at radius 3 is 2.52 bits per heavy atom. The van der Waals surface area contributed by atoms with Crippen LogP contribution in [0.25, 0.3) is 0 Å². The van der Waals surface area contributed by atoms with Crippen LogP contribution in [-0.4, -0.2) is 24.7 Å². The van der Waals surface area contributed by atoms with Crippen LogP contribution in [0, 0.1) is 6.92 Å². The van der Waals surface area contributed by atoms with Crippen LogP contribution in [0.15, 0.2) is 48.5 Å². The SMILES string of the molecule is Cc1ccccc1NC(=S)NC[C@H](c1ccccc1Cl)[NH+]1CCCC1. The van der Waals surface area contributed by atoms with E-state index in [-0.39, 0.29) is 0 Å².